The van der Waals surface area contributed by atoms with E-state index in [1.807, 2.05) is 13.8 Å². The Hall–Kier alpha value is -1.20. The van der Waals surface area contributed by atoms with Crippen molar-refractivity contribution in [2.45, 2.75) is 39.7 Å². The lowest BCUT2D eigenvalue weighted by Crippen LogP contribution is -2.10. The predicted molar refractivity (Wildman–Crippen MR) is 86.9 cm³/mol. The van der Waals surface area contributed by atoms with Gasteiger partial charge in [0.2, 0.25) is 5.12 Å². The molecule has 4 nitrogen and oxygen atoms in total. The number of carbonyl (C=O) groups is 1. The maximum atomic E-state index is 12.2. The van der Waals surface area contributed by atoms with Gasteiger partial charge in [-0.15, -0.1) is 0 Å². The second kappa shape index (κ2) is 7.71. The van der Waals surface area contributed by atoms with Gasteiger partial charge in [0.15, 0.2) is 0 Å². The van der Waals surface area contributed by atoms with Gasteiger partial charge in [0.25, 0.3) is 0 Å². The van der Waals surface area contributed by atoms with Crippen molar-refractivity contribution in [1.82, 2.24) is 0 Å². The molecular weight excluding hydrogens is 288 g/mol. The number of aliphatic hydroxyl groups excluding tert-OH is 1. The molecule has 1 atom stereocenters. The van der Waals surface area contributed by atoms with E-state index in [2.05, 4.69) is 0 Å². The third-order valence-corrected chi connectivity index (χ3v) is 4.19. The van der Waals surface area contributed by atoms with E-state index in [-0.39, 0.29) is 5.12 Å². The fourth-order valence-electron chi connectivity index (χ4n) is 2.54. The molecule has 1 N–H and O–H groups in total. The van der Waals surface area contributed by atoms with Crippen LogP contribution in [0.15, 0.2) is 0 Å². The molecule has 0 heterocycles. The third-order valence-electron chi connectivity index (χ3n) is 3.62. The van der Waals surface area contributed by atoms with Crippen LogP contribution in [0.4, 0.5) is 0 Å². The minimum absolute atomic E-state index is 0.0200. The molecule has 0 saturated carbocycles. The maximum absolute atomic E-state index is 12.2. The molecular formula is C16H24O4S. The lowest BCUT2D eigenvalue weighted by Gasteiger charge is -2.21. The van der Waals surface area contributed by atoms with E-state index in [4.69, 9.17) is 9.47 Å². The second-order valence-corrected chi connectivity index (χ2v) is 5.83. The highest BCUT2D eigenvalue weighted by Gasteiger charge is 2.24. The molecule has 0 unspecified atom stereocenters. The van der Waals surface area contributed by atoms with E-state index in [0.717, 1.165) is 22.4 Å². The first-order valence-corrected chi connectivity index (χ1v) is 8.11. The summed E-state index contributed by atoms with van der Waals surface area (Å²) in [6.07, 6.45) is 2.65. The highest BCUT2D eigenvalue weighted by atomic mass is 32.2. The predicted octanol–water partition coefficient (Wildman–Crippen LogP) is 3.14. The van der Waals surface area contributed by atoms with Gasteiger partial charge in [-0.3, -0.25) is 4.79 Å². The monoisotopic (exact) mass is 312 g/mol. The van der Waals surface area contributed by atoms with Crippen LogP contribution in [0.1, 0.15) is 40.4 Å². The van der Waals surface area contributed by atoms with E-state index < -0.39 is 6.10 Å². The lowest BCUT2D eigenvalue weighted by molar-refractivity contribution is 0.108. The van der Waals surface area contributed by atoms with E-state index in [0.29, 0.717) is 24.2 Å². The molecule has 0 bridgehead atoms. The quantitative estimate of drug-likeness (QED) is 0.874. The summed E-state index contributed by atoms with van der Waals surface area (Å²) in [4.78, 5) is 12.2. The number of hydrogen-bond donors (Lipinski definition) is 1. The number of rotatable bonds is 6. The zero-order chi connectivity index (χ0) is 16.2. The molecule has 1 aromatic rings. The van der Waals surface area contributed by atoms with Gasteiger partial charge >= 0.3 is 0 Å². The van der Waals surface area contributed by atoms with Gasteiger partial charge in [-0.05, 0) is 51.0 Å². The molecule has 0 radical (unpaired) electrons. The molecule has 0 fully saturated rings. The van der Waals surface area contributed by atoms with Crippen molar-refractivity contribution in [1.29, 1.82) is 0 Å². The summed E-state index contributed by atoms with van der Waals surface area (Å²) in [7, 11) is 3.18. The number of carbonyl (C=O) groups excluding carboxylic acids is 1. The van der Waals surface area contributed by atoms with Crippen LogP contribution in [0.2, 0.25) is 0 Å². The van der Waals surface area contributed by atoms with Crippen LogP contribution >= 0.6 is 11.8 Å². The standard InChI is InChI=1S/C16H24O4S/c1-9(17)7-8-12-10(2)13(16(18)21-6)15(20-5)11(3)14(12)19-4/h9,17H,7-8H2,1-6H3/t9-/m0/s1. The average molecular weight is 312 g/mol. The Morgan fingerprint density at radius 2 is 1.76 bits per heavy atom. The summed E-state index contributed by atoms with van der Waals surface area (Å²) in [6.45, 7) is 5.55. The Labute approximate surface area is 130 Å². The third kappa shape index (κ3) is 3.71. The highest BCUT2D eigenvalue weighted by molar-refractivity contribution is 8.13. The zero-order valence-electron chi connectivity index (χ0n) is 13.6. The summed E-state index contributed by atoms with van der Waals surface area (Å²) in [6, 6.07) is 0. The smallest absolute Gasteiger partial charge is 0.223 e. The van der Waals surface area contributed by atoms with E-state index in [9.17, 15) is 9.90 Å². The van der Waals surface area contributed by atoms with Crippen LogP contribution in [0.3, 0.4) is 0 Å². The molecule has 21 heavy (non-hydrogen) atoms. The Balaban J connectivity index is 3.54. The first kappa shape index (κ1) is 17.9. The largest absolute Gasteiger partial charge is 0.496 e. The number of methoxy groups -OCH3 is 2. The molecule has 5 heteroatoms. The number of hydrogen-bond acceptors (Lipinski definition) is 5. The molecule has 0 aliphatic rings. The molecule has 1 aromatic carbocycles. The van der Waals surface area contributed by atoms with E-state index in [1.54, 1.807) is 27.4 Å². The van der Waals surface area contributed by atoms with Crippen molar-refractivity contribution in [3.05, 3.63) is 22.3 Å². The van der Waals surface area contributed by atoms with Gasteiger partial charge in [0, 0.05) is 5.56 Å². The number of aliphatic hydroxyl groups is 1. The fourth-order valence-corrected chi connectivity index (χ4v) is 2.99. The van der Waals surface area contributed by atoms with Gasteiger partial charge in [0.1, 0.15) is 11.5 Å². The molecule has 0 aromatic heterocycles. The van der Waals surface area contributed by atoms with Crippen LogP contribution in [-0.4, -0.2) is 36.8 Å². The number of thioether (sulfide) groups is 1. The summed E-state index contributed by atoms with van der Waals surface area (Å²) < 4.78 is 11.0. The van der Waals surface area contributed by atoms with E-state index >= 15 is 0 Å². The van der Waals surface area contributed by atoms with E-state index in [1.165, 1.54) is 11.8 Å². The van der Waals surface area contributed by atoms with Crippen molar-refractivity contribution in [2.24, 2.45) is 0 Å². The Morgan fingerprint density at radius 1 is 1.19 bits per heavy atom. The summed E-state index contributed by atoms with van der Waals surface area (Å²) in [5.41, 5.74) is 3.26. The first-order chi connectivity index (χ1) is 9.88. The van der Waals surface area contributed by atoms with Crippen molar-refractivity contribution in [2.75, 3.05) is 20.5 Å². The molecule has 0 spiro atoms. The SMILES string of the molecule is COc1c(C)c(OC)c(C(=O)SC)c(C)c1CC[C@H](C)O. The van der Waals surface area contributed by atoms with Gasteiger partial charge in [-0.2, -0.15) is 0 Å². The topological polar surface area (TPSA) is 55.8 Å². The van der Waals surface area contributed by atoms with Crippen LogP contribution in [-0.2, 0) is 6.42 Å². The Morgan fingerprint density at radius 3 is 2.19 bits per heavy atom. The van der Waals surface area contributed by atoms with Gasteiger partial charge in [0.05, 0.1) is 25.9 Å². The second-order valence-electron chi connectivity index (χ2n) is 5.05. The minimum atomic E-state index is -0.392. The summed E-state index contributed by atoms with van der Waals surface area (Å²) in [5, 5.41) is 9.51. The Bertz CT molecular complexity index is 524. The molecule has 0 aliphatic carbocycles. The highest BCUT2D eigenvalue weighted by Crippen LogP contribution is 2.40. The zero-order valence-corrected chi connectivity index (χ0v) is 14.4. The molecule has 0 amide bonds. The van der Waals surface area contributed by atoms with Crippen LogP contribution in [0.25, 0.3) is 0 Å². The molecule has 0 aliphatic heterocycles. The summed E-state index contributed by atoms with van der Waals surface area (Å²) in [5.74, 6) is 1.31. The summed E-state index contributed by atoms with van der Waals surface area (Å²) >= 11 is 1.17. The minimum Gasteiger partial charge on any atom is -0.496 e. The molecule has 0 saturated heterocycles. The average Bonchev–Trinajstić information content (AvgIpc) is 2.45. The first-order valence-electron chi connectivity index (χ1n) is 6.89. The number of benzene rings is 1. The van der Waals surface area contributed by atoms with Crippen molar-refractivity contribution < 1.29 is 19.4 Å². The van der Waals surface area contributed by atoms with Crippen LogP contribution < -0.4 is 9.47 Å². The normalized spacial score (nSPS) is 12.1. The van der Waals surface area contributed by atoms with Gasteiger partial charge in [-0.1, -0.05) is 11.8 Å². The fraction of sp³-hybridized carbons (Fsp3) is 0.562. The Kier molecular flexibility index (Phi) is 6.55. The van der Waals surface area contributed by atoms with Crippen molar-refractivity contribution >= 4 is 16.9 Å². The molecule has 1 rings (SSSR count). The lowest BCUT2D eigenvalue weighted by atomic mass is 9.93. The van der Waals surface area contributed by atoms with Gasteiger partial charge in [-0.25, -0.2) is 0 Å². The molecule has 118 valence electrons. The van der Waals surface area contributed by atoms with Crippen LogP contribution in [0, 0.1) is 13.8 Å². The number of ether oxygens (including phenoxy) is 2. The van der Waals surface area contributed by atoms with Gasteiger partial charge < -0.3 is 14.6 Å². The van der Waals surface area contributed by atoms with Crippen molar-refractivity contribution in [3.63, 3.8) is 0 Å². The van der Waals surface area contributed by atoms with Crippen LogP contribution in [0.5, 0.6) is 11.5 Å². The maximum Gasteiger partial charge on any atom is 0.223 e. The van der Waals surface area contributed by atoms with Crippen molar-refractivity contribution in [3.8, 4) is 11.5 Å².